The SMILES string of the molecule is CC[NH+](CC)CCn1c(-c2ccc(OC)cc2)nc(=S)c2c1CC(C)(C)OC2. The molecule has 1 aliphatic rings. The van der Waals surface area contributed by atoms with Crippen LogP contribution in [0.3, 0.4) is 0 Å². The smallest absolute Gasteiger partial charge is 0.141 e. The number of aromatic nitrogens is 2. The van der Waals surface area contributed by atoms with Crippen molar-refractivity contribution in [1.29, 1.82) is 0 Å². The molecule has 0 amide bonds. The van der Waals surface area contributed by atoms with E-state index in [9.17, 15) is 0 Å². The molecule has 6 heteroatoms. The normalized spacial score (nSPS) is 15.5. The molecule has 152 valence electrons. The standard InChI is InChI=1S/C22H31N3O2S/c1-6-24(7-2)12-13-25-19-14-22(3,4)27-15-18(19)21(28)23-20(25)16-8-10-17(26-5)11-9-16/h8-11H,6-7,12-15H2,1-5H3/p+1. The fourth-order valence-electron chi connectivity index (χ4n) is 3.78. The summed E-state index contributed by atoms with van der Waals surface area (Å²) in [5.74, 6) is 1.78. The Hall–Kier alpha value is -1.76. The number of benzene rings is 1. The predicted molar refractivity (Wildman–Crippen MR) is 115 cm³/mol. The molecular weight excluding hydrogens is 370 g/mol. The van der Waals surface area contributed by atoms with Gasteiger partial charge in [0.05, 0.1) is 45.5 Å². The van der Waals surface area contributed by atoms with E-state index in [1.54, 1.807) is 12.0 Å². The second-order valence-electron chi connectivity index (χ2n) is 7.98. The number of likely N-dealkylation sites (N-methyl/N-ethyl adjacent to an activating group) is 1. The first-order valence-corrected chi connectivity index (χ1v) is 10.5. The van der Waals surface area contributed by atoms with Crippen LogP contribution in [-0.2, 0) is 24.3 Å². The highest BCUT2D eigenvalue weighted by molar-refractivity contribution is 7.71. The summed E-state index contributed by atoms with van der Waals surface area (Å²) in [6.45, 7) is 13.5. The molecule has 2 aromatic rings. The minimum Gasteiger partial charge on any atom is -0.497 e. The van der Waals surface area contributed by atoms with Crippen LogP contribution < -0.4 is 9.64 Å². The van der Waals surface area contributed by atoms with E-state index >= 15 is 0 Å². The maximum absolute atomic E-state index is 6.03. The molecule has 3 rings (SSSR count). The lowest BCUT2D eigenvalue weighted by molar-refractivity contribution is -0.897. The third-order valence-electron chi connectivity index (χ3n) is 5.63. The molecule has 0 bridgehead atoms. The molecule has 0 saturated carbocycles. The number of rotatable bonds is 7. The fourth-order valence-corrected chi connectivity index (χ4v) is 4.05. The molecule has 0 fully saturated rings. The summed E-state index contributed by atoms with van der Waals surface area (Å²) in [4.78, 5) is 6.42. The monoisotopic (exact) mass is 402 g/mol. The molecule has 0 spiro atoms. The van der Waals surface area contributed by atoms with Crippen molar-refractivity contribution < 1.29 is 14.4 Å². The highest BCUT2D eigenvalue weighted by atomic mass is 32.1. The van der Waals surface area contributed by atoms with Gasteiger partial charge in [-0.25, -0.2) is 4.98 Å². The minimum atomic E-state index is -0.197. The average molecular weight is 403 g/mol. The van der Waals surface area contributed by atoms with Gasteiger partial charge in [-0.1, -0.05) is 12.2 Å². The van der Waals surface area contributed by atoms with E-state index in [2.05, 4.69) is 44.4 Å². The molecule has 0 unspecified atom stereocenters. The number of methoxy groups -OCH3 is 1. The molecule has 1 aromatic carbocycles. The van der Waals surface area contributed by atoms with Crippen molar-refractivity contribution in [1.82, 2.24) is 9.55 Å². The van der Waals surface area contributed by atoms with Crippen LogP contribution in [0, 0.1) is 4.64 Å². The number of nitrogens with zero attached hydrogens (tertiary/aromatic N) is 2. The Morgan fingerprint density at radius 3 is 2.50 bits per heavy atom. The van der Waals surface area contributed by atoms with E-state index in [-0.39, 0.29) is 5.60 Å². The largest absolute Gasteiger partial charge is 0.497 e. The molecule has 0 atom stereocenters. The zero-order chi connectivity index (χ0) is 20.3. The van der Waals surface area contributed by atoms with Crippen LogP contribution in [0.15, 0.2) is 24.3 Å². The van der Waals surface area contributed by atoms with Gasteiger partial charge in [-0.2, -0.15) is 0 Å². The van der Waals surface area contributed by atoms with Gasteiger partial charge in [-0.3, -0.25) is 0 Å². The zero-order valence-electron chi connectivity index (χ0n) is 17.7. The van der Waals surface area contributed by atoms with Crippen LogP contribution in [0.1, 0.15) is 39.0 Å². The number of fused-ring (bicyclic) bond motifs is 1. The minimum absolute atomic E-state index is 0.197. The molecular formula is C22H32N3O2S+. The Morgan fingerprint density at radius 1 is 1.21 bits per heavy atom. The highest BCUT2D eigenvalue weighted by Crippen LogP contribution is 2.31. The van der Waals surface area contributed by atoms with Crippen molar-refractivity contribution >= 4 is 12.2 Å². The molecule has 1 N–H and O–H groups in total. The Morgan fingerprint density at radius 2 is 1.89 bits per heavy atom. The Labute approximate surface area is 173 Å². The van der Waals surface area contributed by atoms with Crippen molar-refractivity contribution in [3.05, 3.63) is 40.2 Å². The Bertz CT molecular complexity index is 871. The topological polar surface area (TPSA) is 40.7 Å². The van der Waals surface area contributed by atoms with Crippen molar-refractivity contribution in [2.24, 2.45) is 0 Å². The van der Waals surface area contributed by atoms with Gasteiger partial charge in [-0.05, 0) is 52.0 Å². The molecule has 1 aliphatic heterocycles. The van der Waals surface area contributed by atoms with Crippen LogP contribution in [0.2, 0.25) is 0 Å². The van der Waals surface area contributed by atoms with Gasteiger partial charge < -0.3 is 18.9 Å². The van der Waals surface area contributed by atoms with Gasteiger partial charge in [0.1, 0.15) is 16.2 Å². The maximum Gasteiger partial charge on any atom is 0.141 e. The second-order valence-corrected chi connectivity index (χ2v) is 8.36. The van der Waals surface area contributed by atoms with Gasteiger partial charge >= 0.3 is 0 Å². The molecule has 0 aliphatic carbocycles. The second kappa shape index (κ2) is 8.72. The van der Waals surface area contributed by atoms with Crippen LogP contribution in [-0.4, -0.2) is 41.9 Å². The summed E-state index contributed by atoms with van der Waals surface area (Å²) in [6.07, 6.45) is 0.839. The van der Waals surface area contributed by atoms with Crippen LogP contribution in [0.4, 0.5) is 0 Å². The number of nitrogens with one attached hydrogen (secondary N) is 1. The van der Waals surface area contributed by atoms with E-state index in [0.717, 1.165) is 55.3 Å². The summed E-state index contributed by atoms with van der Waals surface area (Å²) in [5, 5.41) is 0. The molecule has 0 radical (unpaired) electrons. The number of quaternary nitrogens is 1. The number of hydrogen-bond donors (Lipinski definition) is 1. The van der Waals surface area contributed by atoms with E-state index in [4.69, 9.17) is 26.7 Å². The van der Waals surface area contributed by atoms with Gasteiger partial charge in [0.2, 0.25) is 0 Å². The molecule has 0 saturated heterocycles. The van der Waals surface area contributed by atoms with E-state index in [0.29, 0.717) is 11.2 Å². The lowest BCUT2D eigenvalue weighted by Crippen LogP contribution is -3.11. The van der Waals surface area contributed by atoms with Gasteiger partial charge in [0, 0.05) is 23.2 Å². The summed E-state index contributed by atoms with van der Waals surface area (Å²) >= 11 is 5.66. The zero-order valence-corrected chi connectivity index (χ0v) is 18.5. The molecule has 1 aromatic heterocycles. The fraction of sp³-hybridized carbons (Fsp3) is 0.545. The van der Waals surface area contributed by atoms with Gasteiger partial charge in [-0.15, -0.1) is 0 Å². The lowest BCUT2D eigenvalue weighted by atomic mass is 9.96. The van der Waals surface area contributed by atoms with Crippen molar-refractivity contribution in [2.75, 3.05) is 26.7 Å². The molecule has 28 heavy (non-hydrogen) atoms. The molecule has 2 heterocycles. The Balaban J connectivity index is 2.11. The predicted octanol–water partition coefficient (Wildman–Crippen LogP) is 3.06. The summed E-state index contributed by atoms with van der Waals surface area (Å²) in [5.41, 5.74) is 3.21. The van der Waals surface area contributed by atoms with Crippen LogP contribution in [0.25, 0.3) is 11.4 Å². The third kappa shape index (κ3) is 4.45. The number of hydrogen-bond acceptors (Lipinski definition) is 4. The van der Waals surface area contributed by atoms with E-state index < -0.39 is 0 Å². The average Bonchev–Trinajstić information content (AvgIpc) is 2.69. The maximum atomic E-state index is 6.03. The quantitative estimate of drug-likeness (QED) is 0.723. The number of ether oxygens (including phenoxy) is 2. The third-order valence-corrected chi connectivity index (χ3v) is 5.97. The van der Waals surface area contributed by atoms with Crippen molar-refractivity contribution in [3.8, 4) is 17.1 Å². The van der Waals surface area contributed by atoms with Gasteiger partial charge in [0.25, 0.3) is 0 Å². The Kier molecular flexibility index (Phi) is 6.53. The van der Waals surface area contributed by atoms with Crippen LogP contribution in [0.5, 0.6) is 5.75 Å². The van der Waals surface area contributed by atoms with Crippen LogP contribution >= 0.6 is 12.2 Å². The first-order valence-electron chi connectivity index (χ1n) is 10.1. The summed E-state index contributed by atoms with van der Waals surface area (Å²) in [7, 11) is 1.68. The van der Waals surface area contributed by atoms with Crippen molar-refractivity contribution in [2.45, 2.75) is 52.9 Å². The van der Waals surface area contributed by atoms with Crippen molar-refractivity contribution in [3.63, 3.8) is 0 Å². The first kappa shape index (κ1) is 21.0. The first-order chi connectivity index (χ1) is 13.4. The summed E-state index contributed by atoms with van der Waals surface area (Å²) in [6, 6.07) is 8.08. The molecule has 5 nitrogen and oxygen atoms in total. The summed E-state index contributed by atoms with van der Waals surface area (Å²) < 4.78 is 14.4. The van der Waals surface area contributed by atoms with E-state index in [1.807, 2.05) is 12.1 Å². The van der Waals surface area contributed by atoms with E-state index in [1.165, 1.54) is 5.69 Å². The highest BCUT2D eigenvalue weighted by Gasteiger charge is 2.30. The lowest BCUT2D eigenvalue weighted by Gasteiger charge is -2.34. The van der Waals surface area contributed by atoms with Gasteiger partial charge in [0.15, 0.2) is 0 Å².